The van der Waals surface area contributed by atoms with Gasteiger partial charge in [0.15, 0.2) is 0 Å². The molecule has 0 bridgehead atoms. The van der Waals surface area contributed by atoms with Gasteiger partial charge in [0, 0.05) is 12.6 Å². The minimum Gasteiger partial charge on any atom is -0.477 e. The number of carbonyl (C=O) groups excluding carboxylic acids is 1. The van der Waals surface area contributed by atoms with Crippen molar-refractivity contribution in [1.82, 2.24) is 15.2 Å². The topological polar surface area (TPSA) is 82.5 Å². The van der Waals surface area contributed by atoms with Crippen LogP contribution in [0.15, 0.2) is 0 Å². The summed E-state index contributed by atoms with van der Waals surface area (Å²) in [6, 6.07) is 0.234. The number of nitrogens with zero attached hydrogens (tertiary/aromatic N) is 2. The highest BCUT2D eigenvalue weighted by molar-refractivity contribution is 7.13. The number of nitrogens with one attached hydrogen (secondary N) is 1. The number of carboxylic acid groups (broad SMARTS) is 1. The number of hydrogen-bond acceptors (Lipinski definition) is 4. The van der Waals surface area contributed by atoms with Crippen LogP contribution >= 0.6 is 11.3 Å². The van der Waals surface area contributed by atoms with Crippen LogP contribution < -0.4 is 5.32 Å². The summed E-state index contributed by atoms with van der Waals surface area (Å²) < 4.78 is 0. The second-order valence-electron chi connectivity index (χ2n) is 5.24. The van der Waals surface area contributed by atoms with Crippen molar-refractivity contribution in [3.05, 3.63) is 15.6 Å². The maximum absolute atomic E-state index is 12.2. The van der Waals surface area contributed by atoms with Crippen molar-refractivity contribution in [2.24, 2.45) is 0 Å². The van der Waals surface area contributed by atoms with E-state index in [0.717, 1.165) is 37.1 Å². The summed E-state index contributed by atoms with van der Waals surface area (Å²) in [6.45, 7) is 4.84. The molecule has 0 radical (unpaired) electrons. The van der Waals surface area contributed by atoms with Crippen LogP contribution in [0.3, 0.4) is 0 Å². The number of rotatable bonds is 4. The van der Waals surface area contributed by atoms with Crippen molar-refractivity contribution in [1.29, 1.82) is 0 Å². The molecule has 0 aliphatic carbocycles. The lowest BCUT2D eigenvalue weighted by Gasteiger charge is -2.35. The van der Waals surface area contributed by atoms with Crippen molar-refractivity contribution in [3.8, 4) is 0 Å². The smallest absolute Gasteiger partial charge is 0.347 e. The zero-order valence-electron chi connectivity index (χ0n) is 12.4. The summed E-state index contributed by atoms with van der Waals surface area (Å²) in [7, 11) is 0. The largest absolute Gasteiger partial charge is 0.477 e. The summed E-state index contributed by atoms with van der Waals surface area (Å²) in [5, 5.41) is 12.5. The van der Waals surface area contributed by atoms with Gasteiger partial charge in [-0.3, -0.25) is 0 Å². The number of amides is 2. The number of aromatic nitrogens is 1. The van der Waals surface area contributed by atoms with Gasteiger partial charge in [0.05, 0.1) is 12.2 Å². The number of likely N-dealkylation sites (tertiary alicyclic amines) is 1. The molecule has 0 spiro atoms. The zero-order chi connectivity index (χ0) is 15.4. The average molecular weight is 311 g/mol. The van der Waals surface area contributed by atoms with Gasteiger partial charge in [-0.1, -0.05) is 6.92 Å². The Morgan fingerprint density at radius 1 is 1.48 bits per heavy atom. The fourth-order valence-electron chi connectivity index (χ4n) is 2.67. The van der Waals surface area contributed by atoms with Crippen molar-refractivity contribution in [2.45, 2.75) is 52.1 Å². The molecular weight excluding hydrogens is 290 g/mol. The standard InChI is InChI=1S/C14H21N3O3S/c1-3-10-6-4-5-7-17(10)14(20)15-8-11-16-9(2)12(21-11)13(18)19/h10H,3-8H2,1-2H3,(H,15,20)(H,18,19). The van der Waals surface area contributed by atoms with Crippen LogP contribution in [-0.2, 0) is 6.54 Å². The number of piperidine rings is 1. The highest BCUT2D eigenvalue weighted by atomic mass is 32.1. The minimum absolute atomic E-state index is 0.0775. The van der Waals surface area contributed by atoms with E-state index in [4.69, 9.17) is 5.11 Å². The molecule has 1 fully saturated rings. The van der Waals surface area contributed by atoms with E-state index < -0.39 is 5.97 Å². The lowest BCUT2D eigenvalue weighted by atomic mass is 10.0. The molecular formula is C14H21N3O3S. The van der Waals surface area contributed by atoms with Gasteiger partial charge in [0.1, 0.15) is 9.88 Å². The number of aromatic carboxylic acids is 1. The van der Waals surface area contributed by atoms with Crippen molar-refractivity contribution in [2.75, 3.05) is 6.54 Å². The lowest BCUT2D eigenvalue weighted by Crippen LogP contribution is -2.48. The van der Waals surface area contributed by atoms with Crippen LogP contribution in [0.2, 0.25) is 0 Å². The van der Waals surface area contributed by atoms with Gasteiger partial charge in [0.25, 0.3) is 0 Å². The number of carboxylic acids is 1. The van der Waals surface area contributed by atoms with Crippen LogP contribution in [0.1, 0.15) is 53.0 Å². The Morgan fingerprint density at radius 2 is 2.24 bits per heavy atom. The van der Waals surface area contributed by atoms with E-state index in [1.807, 2.05) is 4.90 Å². The predicted octanol–water partition coefficient (Wildman–Crippen LogP) is 2.62. The molecule has 1 unspecified atom stereocenters. The Balaban J connectivity index is 1.94. The maximum atomic E-state index is 12.2. The molecule has 2 N–H and O–H groups in total. The van der Waals surface area contributed by atoms with Crippen molar-refractivity contribution < 1.29 is 14.7 Å². The van der Waals surface area contributed by atoms with Gasteiger partial charge < -0.3 is 15.3 Å². The van der Waals surface area contributed by atoms with Gasteiger partial charge in [-0.05, 0) is 32.6 Å². The zero-order valence-corrected chi connectivity index (χ0v) is 13.2. The first-order chi connectivity index (χ1) is 10.0. The third-order valence-electron chi connectivity index (χ3n) is 3.79. The van der Waals surface area contributed by atoms with Crippen LogP contribution in [0, 0.1) is 6.92 Å². The molecule has 1 aliphatic heterocycles. The summed E-state index contributed by atoms with van der Waals surface area (Å²) in [5.74, 6) is -0.968. The van der Waals surface area contributed by atoms with Crippen molar-refractivity contribution >= 4 is 23.3 Å². The Kier molecular flexibility index (Phi) is 5.17. The second-order valence-corrected chi connectivity index (χ2v) is 6.32. The molecule has 1 aliphatic rings. The van der Waals surface area contributed by atoms with E-state index in [0.29, 0.717) is 16.7 Å². The van der Waals surface area contributed by atoms with E-state index >= 15 is 0 Å². The molecule has 2 heterocycles. The van der Waals surface area contributed by atoms with E-state index in [1.54, 1.807) is 6.92 Å². The summed E-state index contributed by atoms with van der Waals surface area (Å²) in [5.41, 5.74) is 0.501. The molecule has 1 saturated heterocycles. The molecule has 2 amide bonds. The summed E-state index contributed by atoms with van der Waals surface area (Å²) in [6.07, 6.45) is 4.25. The van der Waals surface area contributed by atoms with Crippen LogP contribution in [-0.4, -0.2) is 39.6 Å². The van der Waals surface area contributed by atoms with Gasteiger partial charge in [-0.15, -0.1) is 11.3 Å². The molecule has 116 valence electrons. The highest BCUT2D eigenvalue weighted by Gasteiger charge is 2.25. The van der Waals surface area contributed by atoms with Gasteiger partial charge in [-0.25, -0.2) is 14.6 Å². The SMILES string of the molecule is CCC1CCCCN1C(=O)NCc1nc(C)c(C(=O)O)s1. The molecule has 7 heteroatoms. The number of urea groups is 1. The minimum atomic E-state index is -0.968. The van der Waals surface area contributed by atoms with Crippen molar-refractivity contribution in [3.63, 3.8) is 0 Å². The Bertz CT molecular complexity index is 530. The lowest BCUT2D eigenvalue weighted by molar-refractivity contribution is 0.0701. The van der Waals surface area contributed by atoms with Crippen LogP contribution in [0.4, 0.5) is 4.79 Å². The molecule has 0 aromatic carbocycles. The average Bonchev–Trinajstić information content (AvgIpc) is 2.86. The van der Waals surface area contributed by atoms with E-state index in [9.17, 15) is 9.59 Å². The number of hydrogen-bond donors (Lipinski definition) is 2. The third-order valence-corrected chi connectivity index (χ3v) is 4.93. The fourth-order valence-corrected chi connectivity index (χ4v) is 3.51. The van der Waals surface area contributed by atoms with Crippen LogP contribution in [0.25, 0.3) is 0 Å². The quantitative estimate of drug-likeness (QED) is 0.895. The first-order valence-electron chi connectivity index (χ1n) is 7.27. The Morgan fingerprint density at radius 3 is 2.86 bits per heavy atom. The monoisotopic (exact) mass is 311 g/mol. The number of carbonyl (C=O) groups is 2. The maximum Gasteiger partial charge on any atom is 0.347 e. The highest BCUT2D eigenvalue weighted by Crippen LogP contribution is 2.20. The molecule has 1 aromatic rings. The molecule has 21 heavy (non-hydrogen) atoms. The molecule has 1 aromatic heterocycles. The normalized spacial score (nSPS) is 18.6. The number of thiazole rings is 1. The Labute approximate surface area is 128 Å². The molecule has 0 saturated carbocycles. The van der Waals surface area contributed by atoms with E-state index in [1.165, 1.54) is 6.42 Å². The van der Waals surface area contributed by atoms with Gasteiger partial charge in [0.2, 0.25) is 0 Å². The first kappa shape index (κ1) is 15.8. The summed E-state index contributed by atoms with van der Waals surface area (Å²) in [4.78, 5) is 29.5. The van der Waals surface area contributed by atoms with E-state index in [-0.39, 0.29) is 17.5 Å². The predicted molar refractivity (Wildman–Crippen MR) is 80.7 cm³/mol. The first-order valence-corrected chi connectivity index (χ1v) is 8.08. The molecule has 2 rings (SSSR count). The van der Waals surface area contributed by atoms with Gasteiger partial charge in [-0.2, -0.15) is 0 Å². The Hall–Kier alpha value is -1.63. The number of aryl methyl sites for hydroxylation is 1. The molecule has 1 atom stereocenters. The van der Waals surface area contributed by atoms with E-state index in [2.05, 4.69) is 17.2 Å². The third kappa shape index (κ3) is 3.72. The fraction of sp³-hybridized carbons (Fsp3) is 0.643. The second kappa shape index (κ2) is 6.89. The summed E-state index contributed by atoms with van der Waals surface area (Å²) >= 11 is 1.12. The van der Waals surface area contributed by atoms with Gasteiger partial charge >= 0.3 is 12.0 Å². The van der Waals surface area contributed by atoms with Crippen LogP contribution in [0.5, 0.6) is 0 Å². The molecule has 6 nitrogen and oxygen atoms in total.